The van der Waals surface area contributed by atoms with Crippen molar-refractivity contribution in [2.24, 2.45) is 5.41 Å². The molecule has 5 nitrogen and oxygen atoms in total. The first-order valence-electron chi connectivity index (χ1n) is 9.71. The summed E-state index contributed by atoms with van der Waals surface area (Å²) in [5.74, 6) is 0.951. The summed E-state index contributed by atoms with van der Waals surface area (Å²) in [6, 6.07) is 12.9. The van der Waals surface area contributed by atoms with Gasteiger partial charge in [-0.1, -0.05) is 43.1 Å². The van der Waals surface area contributed by atoms with E-state index < -0.39 is 0 Å². The highest BCUT2D eigenvalue weighted by atomic mass is 35.5. The molecular weight excluding hydrogens is 419 g/mol. The summed E-state index contributed by atoms with van der Waals surface area (Å²) >= 11 is 12.3. The molecule has 1 aromatic heterocycles. The number of Topliss-reactive ketones (excluding diaryl/α,β-unsaturated/α-hetero) is 1. The van der Waals surface area contributed by atoms with Crippen LogP contribution < -0.4 is 10.6 Å². The van der Waals surface area contributed by atoms with Crippen molar-refractivity contribution in [2.75, 3.05) is 10.6 Å². The van der Waals surface area contributed by atoms with Gasteiger partial charge in [0, 0.05) is 27.8 Å². The van der Waals surface area contributed by atoms with Crippen molar-refractivity contribution >= 4 is 52.1 Å². The second kappa shape index (κ2) is 7.89. The number of aromatic nitrogens is 2. The smallest absolute Gasteiger partial charge is 0.229 e. The minimum absolute atomic E-state index is 0.0430. The van der Waals surface area contributed by atoms with Gasteiger partial charge in [-0.05, 0) is 60.7 Å². The van der Waals surface area contributed by atoms with Crippen LogP contribution in [0, 0.1) is 12.3 Å². The number of ketones is 1. The lowest BCUT2D eigenvalue weighted by Gasteiger charge is -2.30. The van der Waals surface area contributed by atoms with Crippen molar-refractivity contribution < 1.29 is 4.79 Å². The fourth-order valence-corrected chi connectivity index (χ4v) is 3.95. The van der Waals surface area contributed by atoms with Crippen LogP contribution in [0.3, 0.4) is 0 Å². The molecule has 0 amide bonds. The summed E-state index contributed by atoms with van der Waals surface area (Å²) in [7, 11) is 0. The Morgan fingerprint density at radius 2 is 1.70 bits per heavy atom. The molecule has 2 aromatic carbocycles. The Hall–Kier alpha value is -2.63. The molecular formula is C23H22Cl2N4O. The van der Waals surface area contributed by atoms with E-state index in [1.807, 2.05) is 37.3 Å². The number of hydrogen-bond acceptors (Lipinski definition) is 5. The Kier molecular flexibility index (Phi) is 5.43. The van der Waals surface area contributed by atoms with Crippen LogP contribution in [0.4, 0.5) is 23.1 Å². The average molecular weight is 441 g/mol. The molecule has 0 fully saturated rings. The molecule has 3 aromatic rings. The molecule has 2 N–H and O–H groups in total. The van der Waals surface area contributed by atoms with Gasteiger partial charge in [0.2, 0.25) is 5.95 Å². The number of hydrogen-bond donors (Lipinski definition) is 2. The maximum Gasteiger partial charge on any atom is 0.229 e. The fraction of sp³-hybridized carbons (Fsp3) is 0.261. The average Bonchev–Trinajstić information content (AvgIpc) is 2.66. The van der Waals surface area contributed by atoms with E-state index in [4.69, 9.17) is 23.2 Å². The topological polar surface area (TPSA) is 66.9 Å². The summed E-state index contributed by atoms with van der Waals surface area (Å²) in [4.78, 5) is 22.3. The first kappa shape index (κ1) is 20.6. The van der Waals surface area contributed by atoms with Crippen molar-refractivity contribution in [3.05, 3.63) is 69.3 Å². The Balaban J connectivity index is 1.79. The minimum Gasteiger partial charge on any atom is -0.339 e. The number of rotatable bonds is 4. The van der Waals surface area contributed by atoms with Gasteiger partial charge in [-0.3, -0.25) is 4.79 Å². The molecule has 154 valence electrons. The lowest BCUT2D eigenvalue weighted by atomic mass is 9.75. The molecule has 1 aliphatic rings. The number of anilines is 4. The molecule has 0 unspecified atom stereocenters. The second-order valence-corrected chi connectivity index (χ2v) is 9.17. The molecule has 0 bridgehead atoms. The van der Waals surface area contributed by atoms with Gasteiger partial charge in [-0.15, -0.1) is 0 Å². The molecule has 0 saturated heterocycles. The first-order valence-corrected chi connectivity index (χ1v) is 10.5. The van der Waals surface area contributed by atoms with Gasteiger partial charge in [0.05, 0.1) is 11.3 Å². The van der Waals surface area contributed by atoms with E-state index >= 15 is 0 Å². The van der Waals surface area contributed by atoms with Crippen molar-refractivity contribution in [2.45, 2.75) is 33.6 Å². The molecule has 0 saturated carbocycles. The Morgan fingerprint density at radius 1 is 0.967 bits per heavy atom. The number of halogens is 2. The number of carbonyl (C=O) groups is 1. The van der Waals surface area contributed by atoms with Crippen molar-refractivity contribution in [3.63, 3.8) is 0 Å². The molecule has 30 heavy (non-hydrogen) atoms. The molecule has 0 aliphatic heterocycles. The van der Waals surface area contributed by atoms with E-state index in [0.29, 0.717) is 40.2 Å². The van der Waals surface area contributed by atoms with Gasteiger partial charge in [-0.2, -0.15) is 4.98 Å². The van der Waals surface area contributed by atoms with Crippen molar-refractivity contribution in [1.82, 2.24) is 9.97 Å². The van der Waals surface area contributed by atoms with Gasteiger partial charge in [0.15, 0.2) is 5.78 Å². The lowest BCUT2D eigenvalue weighted by Crippen LogP contribution is -2.29. The zero-order chi connectivity index (χ0) is 21.5. The van der Waals surface area contributed by atoms with Crippen LogP contribution in [-0.4, -0.2) is 15.8 Å². The Labute approximate surface area is 185 Å². The number of fused-ring (bicyclic) bond motifs is 1. The van der Waals surface area contributed by atoms with Gasteiger partial charge >= 0.3 is 0 Å². The second-order valence-electron chi connectivity index (χ2n) is 8.33. The van der Waals surface area contributed by atoms with Crippen LogP contribution in [0.5, 0.6) is 0 Å². The van der Waals surface area contributed by atoms with E-state index in [0.717, 1.165) is 22.6 Å². The van der Waals surface area contributed by atoms with Crippen LogP contribution in [0.1, 0.15) is 41.9 Å². The molecule has 1 aliphatic carbocycles. The van der Waals surface area contributed by atoms with Crippen molar-refractivity contribution in [1.29, 1.82) is 0 Å². The predicted molar refractivity (Wildman–Crippen MR) is 123 cm³/mol. The summed E-state index contributed by atoms with van der Waals surface area (Å²) in [5.41, 5.74) is 3.64. The molecule has 0 atom stereocenters. The third-order valence-electron chi connectivity index (χ3n) is 5.17. The highest BCUT2D eigenvalue weighted by Gasteiger charge is 2.35. The van der Waals surface area contributed by atoms with E-state index in [1.165, 1.54) is 0 Å². The fourth-order valence-electron chi connectivity index (χ4n) is 3.65. The summed E-state index contributed by atoms with van der Waals surface area (Å²) in [6.07, 6.45) is 1.14. The maximum atomic E-state index is 13.0. The predicted octanol–water partition coefficient (Wildman–Crippen LogP) is 6.73. The highest BCUT2D eigenvalue weighted by Crippen LogP contribution is 2.38. The number of nitrogens with zero attached hydrogens (tertiary/aromatic N) is 2. The van der Waals surface area contributed by atoms with Crippen LogP contribution in [0.2, 0.25) is 10.0 Å². The summed E-state index contributed by atoms with van der Waals surface area (Å²) in [6.45, 7) is 6.09. The minimum atomic E-state index is -0.154. The van der Waals surface area contributed by atoms with Gasteiger partial charge in [0.1, 0.15) is 5.82 Å². The summed E-state index contributed by atoms with van der Waals surface area (Å²) < 4.78 is 0. The number of nitrogens with one attached hydrogen (secondary N) is 2. The largest absolute Gasteiger partial charge is 0.339 e. The van der Waals surface area contributed by atoms with E-state index in [-0.39, 0.29) is 11.2 Å². The number of benzene rings is 2. The highest BCUT2D eigenvalue weighted by molar-refractivity contribution is 6.31. The van der Waals surface area contributed by atoms with E-state index in [1.54, 1.807) is 12.1 Å². The van der Waals surface area contributed by atoms with Crippen LogP contribution in [-0.2, 0) is 6.42 Å². The Bertz CT molecular complexity index is 1130. The first-order chi connectivity index (χ1) is 14.2. The van der Waals surface area contributed by atoms with Gasteiger partial charge < -0.3 is 10.6 Å². The third-order valence-corrected chi connectivity index (χ3v) is 5.83. The molecule has 4 rings (SSSR count). The Morgan fingerprint density at radius 3 is 2.43 bits per heavy atom. The van der Waals surface area contributed by atoms with Gasteiger partial charge in [-0.25, -0.2) is 4.98 Å². The van der Waals surface area contributed by atoms with E-state index in [9.17, 15) is 4.79 Å². The third kappa shape index (κ3) is 4.27. The quantitative estimate of drug-likeness (QED) is 0.470. The van der Waals surface area contributed by atoms with Crippen LogP contribution in [0.15, 0.2) is 42.5 Å². The standard InChI is InChI=1S/C23H22Cl2N4O/c1-13-16(25)5-4-6-17(13)27-21-20-18(11-23(2,3)12-19(20)30)28-22(29-21)26-15-9-7-14(24)8-10-15/h4-10H,11-12H2,1-3H3,(H2,26,27,28,29). The monoisotopic (exact) mass is 440 g/mol. The zero-order valence-electron chi connectivity index (χ0n) is 17.0. The maximum absolute atomic E-state index is 13.0. The number of carbonyl (C=O) groups excluding carboxylic acids is 1. The molecule has 0 radical (unpaired) electrons. The van der Waals surface area contributed by atoms with Crippen molar-refractivity contribution in [3.8, 4) is 0 Å². The molecule has 0 spiro atoms. The summed E-state index contributed by atoms with van der Waals surface area (Å²) in [5, 5.41) is 7.83. The van der Waals surface area contributed by atoms with Crippen LogP contribution >= 0.6 is 23.2 Å². The van der Waals surface area contributed by atoms with Crippen LogP contribution in [0.25, 0.3) is 0 Å². The lowest BCUT2D eigenvalue weighted by molar-refractivity contribution is 0.0911. The molecule has 7 heteroatoms. The van der Waals surface area contributed by atoms with E-state index in [2.05, 4.69) is 34.4 Å². The van der Waals surface area contributed by atoms with Gasteiger partial charge in [0.25, 0.3) is 0 Å². The normalized spacial score (nSPS) is 14.9. The molecule has 1 heterocycles. The SMILES string of the molecule is Cc1c(Cl)cccc1Nc1nc(Nc2ccc(Cl)cc2)nc2c1C(=O)CC(C)(C)C2. The zero-order valence-corrected chi connectivity index (χ0v) is 18.5.